The number of aliphatic hydroxyl groups excluding tert-OH is 1. The average Bonchev–Trinajstić information content (AvgIpc) is 2.70. The zero-order valence-electron chi connectivity index (χ0n) is 17.1. The van der Waals surface area contributed by atoms with E-state index < -0.39 is 41.9 Å². The van der Waals surface area contributed by atoms with Gasteiger partial charge in [-0.3, -0.25) is 14.4 Å². The van der Waals surface area contributed by atoms with Crippen LogP contribution in [0.25, 0.3) is 0 Å². The molecule has 3 amide bonds. The number of primary amides is 1. The van der Waals surface area contributed by atoms with E-state index in [0.29, 0.717) is 0 Å². The number of alkyl carbamates (subject to hydrolysis) is 1. The Morgan fingerprint density at radius 3 is 2.40 bits per heavy atom. The van der Waals surface area contributed by atoms with Crippen LogP contribution in [0.5, 0.6) is 0 Å². The molecule has 0 saturated heterocycles. The molecule has 0 bridgehead atoms. The average molecular weight is 423 g/mol. The van der Waals surface area contributed by atoms with E-state index in [4.69, 9.17) is 15.2 Å². The van der Waals surface area contributed by atoms with Gasteiger partial charge < -0.3 is 30.9 Å². The number of aliphatic hydroxyl groups is 1. The first-order valence-electron chi connectivity index (χ1n) is 9.60. The van der Waals surface area contributed by atoms with Crippen LogP contribution in [0, 0.1) is 5.92 Å². The predicted molar refractivity (Wildman–Crippen MR) is 107 cm³/mol. The fraction of sp³-hybridized carbons (Fsp3) is 0.500. The van der Waals surface area contributed by atoms with Crippen LogP contribution in [-0.4, -0.2) is 54.3 Å². The van der Waals surface area contributed by atoms with Crippen LogP contribution in [0.15, 0.2) is 30.3 Å². The van der Waals surface area contributed by atoms with Crippen LogP contribution in [0.3, 0.4) is 0 Å². The predicted octanol–water partition coefficient (Wildman–Crippen LogP) is 0.223. The highest BCUT2D eigenvalue weighted by Gasteiger charge is 2.26. The Balaban J connectivity index is 2.37. The summed E-state index contributed by atoms with van der Waals surface area (Å²) < 4.78 is 9.86. The molecular formula is C20H29N3O7. The molecule has 0 aliphatic carbocycles. The SMILES string of the molecule is CCOC(=O)[C@@H](C)C[C@H](NC(=O)C[C@H](O)CNC(=O)OCc1ccccc1)C(N)=O. The molecule has 0 heterocycles. The van der Waals surface area contributed by atoms with E-state index in [1.165, 1.54) is 0 Å². The molecule has 1 aromatic rings. The minimum Gasteiger partial charge on any atom is -0.466 e. The van der Waals surface area contributed by atoms with Gasteiger partial charge in [-0.15, -0.1) is 0 Å². The van der Waals surface area contributed by atoms with Gasteiger partial charge in [0.2, 0.25) is 11.8 Å². The normalized spacial score (nSPS) is 13.4. The van der Waals surface area contributed by atoms with Gasteiger partial charge in [0.05, 0.1) is 25.0 Å². The fourth-order valence-electron chi connectivity index (χ4n) is 2.50. The first-order chi connectivity index (χ1) is 14.2. The first-order valence-corrected chi connectivity index (χ1v) is 9.60. The number of nitrogens with two attached hydrogens (primary N) is 1. The summed E-state index contributed by atoms with van der Waals surface area (Å²) in [5.74, 6) is -2.61. The van der Waals surface area contributed by atoms with Crippen molar-refractivity contribution >= 4 is 23.9 Å². The van der Waals surface area contributed by atoms with Gasteiger partial charge in [0.1, 0.15) is 12.6 Å². The van der Waals surface area contributed by atoms with Gasteiger partial charge in [-0.25, -0.2) is 4.79 Å². The third-order valence-corrected chi connectivity index (χ3v) is 4.07. The number of carbonyl (C=O) groups is 4. The zero-order chi connectivity index (χ0) is 22.5. The topological polar surface area (TPSA) is 157 Å². The van der Waals surface area contributed by atoms with Gasteiger partial charge in [0, 0.05) is 6.54 Å². The fourth-order valence-corrected chi connectivity index (χ4v) is 2.50. The van der Waals surface area contributed by atoms with Gasteiger partial charge in [0.15, 0.2) is 0 Å². The standard InChI is InChI=1S/C20H29N3O7/c1-3-29-19(27)13(2)9-16(18(21)26)23-17(25)10-15(24)11-22-20(28)30-12-14-7-5-4-6-8-14/h4-8,13,15-16,24H,3,9-12H2,1-2H3,(H2,21,26)(H,22,28)(H,23,25)/t13-,15-,16-/m0/s1. The summed E-state index contributed by atoms with van der Waals surface area (Å²) >= 11 is 0. The molecule has 166 valence electrons. The molecule has 0 radical (unpaired) electrons. The van der Waals surface area contributed by atoms with Gasteiger partial charge in [-0.2, -0.15) is 0 Å². The molecule has 0 unspecified atom stereocenters. The van der Waals surface area contributed by atoms with Crippen LogP contribution < -0.4 is 16.4 Å². The first kappa shape index (κ1) is 24.9. The second kappa shape index (κ2) is 13.2. The molecule has 30 heavy (non-hydrogen) atoms. The summed E-state index contributed by atoms with van der Waals surface area (Å²) in [5, 5.41) is 14.7. The number of hydrogen-bond donors (Lipinski definition) is 4. The number of hydrogen-bond acceptors (Lipinski definition) is 7. The van der Waals surface area contributed by atoms with Crippen molar-refractivity contribution in [3.63, 3.8) is 0 Å². The summed E-state index contributed by atoms with van der Waals surface area (Å²) in [6, 6.07) is 7.96. The molecule has 3 atom stereocenters. The molecule has 0 aliphatic heterocycles. The lowest BCUT2D eigenvalue weighted by molar-refractivity contribution is -0.148. The third-order valence-electron chi connectivity index (χ3n) is 4.07. The number of carbonyl (C=O) groups excluding carboxylic acids is 4. The van der Waals surface area contributed by atoms with Crippen molar-refractivity contribution in [1.82, 2.24) is 10.6 Å². The number of benzene rings is 1. The van der Waals surface area contributed by atoms with E-state index in [0.717, 1.165) is 5.56 Å². The Labute approximate surface area is 175 Å². The van der Waals surface area contributed by atoms with Crippen molar-refractivity contribution in [2.45, 2.75) is 45.4 Å². The van der Waals surface area contributed by atoms with Crippen molar-refractivity contribution < 1.29 is 33.8 Å². The largest absolute Gasteiger partial charge is 0.466 e. The smallest absolute Gasteiger partial charge is 0.407 e. The van der Waals surface area contributed by atoms with Crippen LogP contribution in [0.1, 0.15) is 32.3 Å². The molecular weight excluding hydrogens is 394 g/mol. The molecule has 1 aromatic carbocycles. The van der Waals surface area contributed by atoms with Crippen molar-refractivity contribution in [1.29, 1.82) is 0 Å². The highest BCUT2D eigenvalue weighted by atomic mass is 16.5. The summed E-state index contributed by atoms with van der Waals surface area (Å²) in [5.41, 5.74) is 6.08. The second-order valence-electron chi connectivity index (χ2n) is 6.71. The van der Waals surface area contributed by atoms with Crippen LogP contribution >= 0.6 is 0 Å². The maximum atomic E-state index is 12.1. The summed E-state index contributed by atoms with van der Waals surface area (Å²) in [4.78, 5) is 47.0. The minimum atomic E-state index is -1.20. The Hall–Kier alpha value is -3.14. The maximum Gasteiger partial charge on any atom is 0.407 e. The molecule has 0 aliphatic rings. The Kier molecular flexibility index (Phi) is 10.9. The van der Waals surface area contributed by atoms with E-state index in [1.54, 1.807) is 26.0 Å². The van der Waals surface area contributed by atoms with Gasteiger partial charge >= 0.3 is 12.1 Å². The zero-order valence-corrected chi connectivity index (χ0v) is 17.1. The number of amides is 3. The highest BCUT2D eigenvalue weighted by Crippen LogP contribution is 2.09. The summed E-state index contributed by atoms with van der Waals surface area (Å²) in [6.07, 6.45) is -2.35. The van der Waals surface area contributed by atoms with Gasteiger partial charge in [-0.1, -0.05) is 37.3 Å². The molecule has 0 saturated carbocycles. The van der Waals surface area contributed by atoms with E-state index >= 15 is 0 Å². The van der Waals surface area contributed by atoms with Crippen molar-refractivity contribution in [2.24, 2.45) is 11.7 Å². The van der Waals surface area contributed by atoms with Gasteiger partial charge in [-0.05, 0) is 18.9 Å². The molecule has 0 spiro atoms. The number of ether oxygens (including phenoxy) is 2. The van der Waals surface area contributed by atoms with Crippen molar-refractivity contribution in [2.75, 3.05) is 13.2 Å². The molecule has 0 aromatic heterocycles. The van der Waals surface area contributed by atoms with E-state index in [1.807, 2.05) is 18.2 Å². The molecule has 5 N–H and O–H groups in total. The van der Waals surface area contributed by atoms with Gasteiger partial charge in [0.25, 0.3) is 0 Å². The summed E-state index contributed by atoms with van der Waals surface area (Å²) in [7, 11) is 0. The molecule has 10 nitrogen and oxygen atoms in total. The maximum absolute atomic E-state index is 12.1. The highest BCUT2D eigenvalue weighted by molar-refractivity contribution is 5.87. The quantitative estimate of drug-likeness (QED) is 0.350. The van der Waals surface area contributed by atoms with E-state index in [2.05, 4.69) is 10.6 Å². The lowest BCUT2D eigenvalue weighted by Crippen LogP contribution is -2.47. The lowest BCUT2D eigenvalue weighted by Gasteiger charge is -2.20. The summed E-state index contributed by atoms with van der Waals surface area (Å²) in [6.45, 7) is 3.26. The van der Waals surface area contributed by atoms with E-state index in [9.17, 15) is 24.3 Å². The molecule has 0 fully saturated rings. The Morgan fingerprint density at radius 2 is 1.80 bits per heavy atom. The van der Waals surface area contributed by atoms with Crippen molar-refractivity contribution in [3.05, 3.63) is 35.9 Å². The van der Waals surface area contributed by atoms with Crippen LogP contribution in [0.4, 0.5) is 4.79 Å². The number of esters is 1. The van der Waals surface area contributed by atoms with Crippen LogP contribution in [-0.2, 0) is 30.5 Å². The number of rotatable bonds is 12. The molecule has 10 heteroatoms. The third kappa shape index (κ3) is 9.87. The second-order valence-corrected chi connectivity index (χ2v) is 6.71. The lowest BCUT2D eigenvalue weighted by atomic mass is 10.0. The number of nitrogens with one attached hydrogen (secondary N) is 2. The Bertz CT molecular complexity index is 712. The Morgan fingerprint density at radius 1 is 1.13 bits per heavy atom. The van der Waals surface area contributed by atoms with E-state index in [-0.39, 0.29) is 32.6 Å². The monoisotopic (exact) mass is 423 g/mol. The van der Waals surface area contributed by atoms with Crippen LogP contribution in [0.2, 0.25) is 0 Å². The molecule has 1 rings (SSSR count). The van der Waals surface area contributed by atoms with Crippen molar-refractivity contribution in [3.8, 4) is 0 Å². The minimum absolute atomic E-state index is 0.0277.